The molecule has 0 spiro atoms. The van der Waals surface area contributed by atoms with E-state index in [9.17, 15) is 0 Å². The van der Waals surface area contributed by atoms with Crippen LogP contribution in [0.4, 0.5) is 17.1 Å². The third-order valence-electron chi connectivity index (χ3n) is 11.8. The van der Waals surface area contributed by atoms with Crippen LogP contribution in [0.25, 0.3) is 82.8 Å². The zero-order valence-electron chi connectivity index (χ0n) is 33.0. The molecular weight excluding hydrogens is 725 g/mol. The normalized spacial score (nSPS) is 11.3. The molecule has 1 aromatic heterocycles. The van der Waals surface area contributed by atoms with E-state index in [1.165, 1.54) is 66.0 Å². The molecule has 0 aliphatic carbocycles. The zero-order chi connectivity index (χ0) is 39.8. The summed E-state index contributed by atoms with van der Waals surface area (Å²) in [7, 11) is 0. The van der Waals surface area contributed by atoms with Crippen LogP contribution < -0.4 is 4.90 Å². The van der Waals surface area contributed by atoms with Gasteiger partial charge in [0.15, 0.2) is 0 Å². The quantitative estimate of drug-likeness (QED) is 0.150. The molecule has 1 heterocycles. The number of rotatable bonds is 8. The highest BCUT2D eigenvalue weighted by Gasteiger charge is 2.21. The maximum Gasteiger partial charge on any atom is 0.0561 e. The molecule has 282 valence electrons. The molecule has 10 aromatic carbocycles. The van der Waals surface area contributed by atoms with Crippen LogP contribution in [0.15, 0.2) is 243 Å². The van der Waals surface area contributed by atoms with Crippen molar-refractivity contribution in [2.24, 2.45) is 0 Å². The number of hydrogen-bond donors (Lipinski definition) is 0. The fraction of sp³-hybridized carbons (Fsp3) is 0. The first-order valence-corrected chi connectivity index (χ1v) is 20.6. The molecule has 0 fully saturated rings. The Balaban J connectivity index is 1.09. The molecule has 0 atom stereocenters. The van der Waals surface area contributed by atoms with E-state index >= 15 is 0 Å². The van der Waals surface area contributed by atoms with Gasteiger partial charge in [0.25, 0.3) is 0 Å². The van der Waals surface area contributed by atoms with E-state index in [2.05, 4.69) is 252 Å². The predicted molar refractivity (Wildman–Crippen MR) is 255 cm³/mol. The minimum atomic E-state index is 1.09. The summed E-state index contributed by atoms with van der Waals surface area (Å²) in [6.45, 7) is 0. The fourth-order valence-corrected chi connectivity index (χ4v) is 8.97. The second-order valence-electron chi connectivity index (χ2n) is 15.3. The lowest BCUT2D eigenvalue weighted by Crippen LogP contribution is -2.12. The molecule has 11 aromatic rings. The summed E-state index contributed by atoms with van der Waals surface area (Å²) in [5, 5.41) is 4.85. The van der Waals surface area contributed by atoms with Gasteiger partial charge in [-0.3, -0.25) is 0 Å². The SMILES string of the molecule is c1ccc(-c2ccc(-c3ccccc3N(c3ccc4c5ccccc5n(-c5ccc(-c6ccccc6-c6ccccc6)cc5)c4c3)c3cccc4ccccc34)cc2)cc1. The van der Waals surface area contributed by atoms with Gasteiger partial charge in [-0.25, -0.2) is 0 Å². The molecule has 0 radical (unpaired) electrons. The van der Waals surface area contributed by atoms with Crippen molar-refractivity contribution in [3.05, 3.63) is 243 Å². The highest BCUT2D eigenvalue weighted by atomic mass is 15.1. The van der Waals surface area contributed by atoms with E-state index in [4.69, 9.17) is 0 Å². The number of para-hydroxylation sites is 2. The van der Waals surface area contributed by atoms with Crippen molar-refractivity contribution in [3.63, 3.8) is 0 Å². The van der Waals surface area contributed by atoms with Crippen LogP contribution in [0.1, 0.15) is 0 Å². The van der Waals surface area contributed by atoms with Gasteiger partial charge in [-0.05, 0) is 86.8 Å². The molecule has 2 heteroatoms. The van der Waals surface area contributed by atoms with Crippen LogP contribution >= 0.6 is 0 Å². The number of fused-ring (bicyclic) bond motifs is 4. The van der Waals surface area contributed by atoms with E-state index in [1.807, 2.05) is 0 Å². The summed E-state index contributed by atoms with van der Waals surface area (Å²) in [6, 6.07) is 87.9. The second kappa shape index (κ2) is 15.1. The standard InChI is InChI=1S/C58H40N2/c1-3-16-41(17-4-1)42-30-32-46(33-31-42)52-25-11-13-27-55(52)60(56-29-15-21-44-20-7-8-24-51(44)56)48-38-39-54-53-26-12-14-28-57(53)59(58(54)40-48)47-36-34-45(35-37-47)50-23-10-9-22-49(50)43-18-5-2-6-19-43/h1-40H. The average molecular weight is 765 g/mol. The van der Waals surface area contributed by atoms with Crippen molar-refractivity contribution in [2.75, 3.05) is 4.90 Å². The molecule has 0 aliphatic heterocycles. The second-order valence-corrected chi connectivity index (χ2v) is 15.3. The van der Waals surface area contributed by atoms with Crippen molar-refractivity contribution in [1.82, 2.24) is 4.57 Å². The van der Waals surface area contributed by atoms with Gasteiger partial charge < -0.3 is 9.47 Å². The molecule has 0 saturated heterocycles. The van der Waals surface area contributed by atoms with E-state index < -0.39 is 0 Å². The molecule has 0 aliphatic rings. The first-order chi connectivity index (χ1) is 29.8. The Kier molecular flexibility index (Phi) is 8.87. The van der Waals surface area contributed by atoms with Gasteiger partial charge in [-0.15, -0.1) is 0 Å². The van der Waals surface area contributed by atoms with Crippen molar-refractivity contribution in [2.45, 2.75) is 0 Å². The Morgan fingerprint density at radius 3 is 1.52 bits per heavy atom. The topological polar surface area (TPSA) is 8.17 Å². The number of aromatic nitrogens is 1. The zero-order valence-corrected chi connectivity index (χ0v) is 33.0. The lowest BCUT2D eigenvalue weighted by Gasteiger charge is -2.29. The molecule has 0 N–H and O–H groups in total. The Morgan fingerprint density at radius 1 is 0.283 bits per heavy atom. The molecule has 0 bridgehead atoms. The monoisotopic (exact) mass is 764 g/mol. The minimum Gasteiger partial charge on any atom is -0.309 e. The molecular formula is C58H40N2. The third-order valence-corrected chi connectivity index (χ3v) is 11.8. The van der Waals surface area contributed by atoms with E-state index in [0.717, 1.165) is 33.8 Å². The van der Waals surface area contributed by atoms with Gasteiger partial charge in [0.1, 0.15) is 0 Å². The van der Waals surface area contributed by atoms with Gasteiger partial charge >= 0.3 is 0 Å². The largest absolute Gasteiger partial charge is 0.309 e. The van der Waals surface area contributed by atoms with Crippen LogP contribution in [0, 0.1) is 0 Å². The Morgan fingerprint density at radius 2 is 0.767 bits per heavy atom. The fourth-order valence-electron chi connectivity index (χ4n) is 8.97. The number of hydrogen-bond acceptors (Lipinski definition) is 1. The Bertz CT molecular complexity index is 3280. The maximum absolute atomic E-state index is 2.45. The van der Waals surface area contributed by atoms with Gasteiger partial charge in [0.05, 0.1) is 22.4 Å². The molecule has 0 unspecified atom stereocenters. The summed E-state index contributed by atoms with van der Waals surface area (Å²) in [6.07, 6.45) is 0. The summed E-state index contributed by atoms with van der Waals surface area (Å²) in [5.74, 6) is 0. The lowest BCUT2D eigenvalue weighted by atomic mass is 9.94. The number of anilines is 3. The Labute approximate surface area is 350 Å². The number of benzene rings is 10. The highest BCUT2D eigenvalue weighted by molar-refractivity contribution is 6.11. The molecule has 0 saturated carbocycles. The van der Waals surface area contributed by atoms with Crippen molar-refractivity contribution in [3.8, 4) is 50.2 Å². The predicted octanol–water partition coefficient (Wildman–Crippen LogP) is 16.1. The van der Waals surface area contributed by atoms with Crippen LogP contribution in [0.5, 0.6) is 0 Å². The van der Waals surface area contributed by atoms with Gasteiger partial charge in [0, 0.05) is 33.1 Å². The van der Waals surface area contributed by atoms with Gasteiger partial charge in [0.2, 0.25) is 0 Å². The Hall–Kier alpha value is -7.94. The van der Waals surface area contributed by atoms with E-state index in [0.29, 0.717) is 0 Å². The lowest BCUT2D eigenvalue weighted by molar-refractivity contribution is 1.18. The summed E-state index contributed by atoms with van der Waals surface area (Å²) in [5.41, 5.74) is 16.4. The smallest absolute Gasteiger partial charge is 0.0561 e. The first-order valence-electron chi connectivity index (χ1n) is 20.6. The van der Waals surface area contributed by atoms with Crippen molar-refractivity contribution in [1.29, 1.82) is 0 Å². The van der Waals surface area contributed by atoms with Crippen LogP contribution in [0.3, 0.4) is 0 Å². The molecule has 60 heavy (non-hydrogen) atoms. The summed E-state index contributed by atoms with van der Waals surface area (Å²) >= 11 is 0. The van der Waals surface area contributed by atoms with Crippen LogP contribution in [-0.2, 0) is 0 Å². The molecule has 11 rings (SSSR count). The van der Waals surface area contributed by atoms with Crippen LogP contribution in [-0.4, -0.2) is 4.57 Å². The average Bonchev–Trinajstić information content (AvgIpc) is 3.66. The highest BCUT2D eigenvalue weighted by Crippen LogP contribution is 2.45. The van der Waals surface area contributed by atoms with Crippen molar-refractivity contribution >= 4 is 49.6 Å². The summed E-state index contributed by atoms with van der Waals surface area (Å²) in [4.78, 5) is 2.45. The van der Waals surface area contributed by atoms with Crippen LogP contribution in [0.2, 0.25) is 0 Å². The maximum atomic E-state index is 2.45. The molecule has 0 amide bonds. The number of nitrogens with zero attached hydrogens (tertiary/aromatic N) is 2. The van der Waals surface area contributed by atoms with Gasteiger partial charge in [-0.2, -0.15) is 0 Å². The van der Waals surface area contributed by atoms with E-state index in [-0.39, 0.29) is 0 Å². The molecule has 2 nitrogen and oxygen atoms in total. The van der Waals surface area contributed by atoms with Crippen molar-refractivity contribution < 1.29 is 0 Å². The third kappa shape index (κ3) is 6.23. The van der Waals surface area contributed by atoms with Gasteiger partial charge in [-0.1, -0.05) is 200 Å². The summed E-state index contributed by atoms with van der Waals surface area (Å²) < 4.78 is 2.43. The first kappa shape index (κ1) is 35.2. The minimum absolute atomic E-state index is 1.09. The van der Waals surface area contributed by atoms with E-state index in [1.54, 1.807) is 0 Å².